The number of likely N-dealkylation sites (N-methyl/N-ethyl adjacent to an activating group) is 1. The number of benzene rings is 1. The van der Waals surface area contributed by atoms with E-state index in [0.717, 1.165) is 17.6 Å². The fraction of sp³-hybridized carbons (Fsp3) is 0.600. The van der Waals surface area contributed by atoms with E-state index in [4.69, 9.17) is 0 Å². The lowest BCUT2D eigenvalue weighted by Gasteiger charge is -2.52. The van der Waals surface area contributed by atoms with E-state index in [0.29, 0.717) is 0 Å². The van der Waals surface area contributed by atoms with Gasteiger partial charge in [0.15, 0.2) is 0 Å². The Morgan fingerprint density at radius 3 is 2.68 bits per heavy atom. The van der Waals surface area contributed by atoms with Crippen LogP contribution in [-0.2, 0) is 0 Å². The summed E-state index contributed by atoms with van der Waals surface area (Å²) in [6.07, 6.45) is 0. The Morgan fingerprint density at radius 1 is 1.42 bits per heavy atom. The second kappa shape index (κ2) is 5.43. The summed E-state index contributed by atoms with van der Waals surface area (Å²) in [4.78, 5) is 4.66. The van der Waals surface area contributed by atoms with Crippen LogP contribution >= 0.6 is 15.9 Å². The summed E-state index contributed by atoms with van der Waals surface area (Å²) in [5.41, 5.74) is 2.43. The van der Waals surface area contributed by atoms with Gasteiger partial charge in [-0.25, -0.2) is 0 Å². The first kappa shape index (κ1) is 14.8. The lowest BCUT2D eigenvalue weighted by Crippen LogP contribution is -2.64. The van der Waals surface area contributed by atoms with E-state index < -0.39 is 0 Å². The van der Waals surface area contributed by atoms with Crippen LogP contribution in [0, 0.1) is 6.92 Å². The highest BCUT2D eigenvalue weighted by atomic mass is 79.9. The molecule has 0 saturated carbocycles. The van der Waals surface area contributed by atoms with E-state index in [9.17, 15) is 5.11 Å². The molecule has 0 radical (unpaired) electrons. The normalized spacial score (nSPS) is 23.7. The summed E-state index contributed by atoms with van der Waals surface area (Å²) in [6, 6.07) is 6.56. The molecule has 0 aliphatic carbocycles. The maximum Gasteiger partial charge on any atom is 0.0653 e. The average Bonchev–Trinajstić information content (AvgIpc) is 2.31. The molecule has 19 heavy (non-hydrogen) atoms. The number of aliphatic hydroxyl groups is 1. The molecule has 1 aromatic rings. The molecule has 1 saturated heterocycles. The first-order chi connectivity index (χ1) is 8.85. The van der Waals surface area contributed by atoms with Crippen LogP contribution < -0.4 is 4.90 Å². The number of halogens is 1. The first-order valence-electron chi connectivity index (χ1n) is 6.70. The standard InChI is InChI=1S/C15H23BrN2O/c1-11-7-12(5-6-14(11)16)18-13(9-19)8-17(4)10-15(18,2)3/h5-7,13,19H,8-10H2,1-4H3. The van der Waals surface area contributed by atoms with Crippen LogP contribution in [0.5, 0.6) is 0 Å². The van der Waals surface area contributed by atoms with Gasteiger partial charge in [-0.3, -0.25) is 0 Å². The summed E-state index contributed by atoms with van der Waals surface area (Å²) >= 11 is 3.55. The van der Waals surface area contributed by atoms with Crippen molar-refractivity contribution in [3.8, 4) is 0 Å². The minimum Gasteiger partial charge on any atom is -0.394 e. The van der Waals surface area contributed by atoms with Crippen LogP contribution in [-0.4, -0.2) is 48.3 Å². The van der Waals surface area contributed by atoms with Gasteiger partial charge in [0.1, 0.15) is 0 Å². The van der Waals surface area contributed by atoms with Crippen molar-refractivity contribution in [2.45, 2.75) is 32.4 Å². The average molecular weight is 327 g/mol. The van der Waals surface area contributed by atoms with Gasteiger partial charge >= 0.3 is 0 Å². The molecule has 1 heterocycles. The van der Waals surface area contributed by atoms with Gasteiger partial charge in [0.05, 0.1) is 12.6 Å². The molecule has 2 rings (SSSR count). The van der Waals surface area contributed by atoms with E-state index >= 15 is 0 Å². The highest BCUT2D eigenvalue weighted by Gasteiger charge is 2.38. The lowest BCUT2D eigenvalue weighted by molar-refractivity contribution is 0.137. The van der Waals surface area contributed by atoms with Crippen molar-refractivity contribution in [3.63, 3.8) is 0 Å². The minimum atomic E-state index is 0.0145. The molecule has 0 spiro atoms. The maximum absolute atomic E-state index is 9.72. The first-order valence-corrected chi connectivity index (χ1v) is 7.49. The van der Waals surface area contributed by atoms with Gasteiger partial charge in [0.25, 0.3) is 0 Å². The fourth-order valence-electron chi connectivity index (χ4n) is 3.22. The molecule has 0 bridgehead atoms. The molecular weight excluding hydrogens is 304 g/mol. The third-order valence-corrected chi connectivity index (χ3v) is 4.72. The molecule has 1 N–H and O–H groups in total. The molecule has 4 heteroatoms. The van der Waals surface area contributed by atoms with E-state index in [2.05, 4.69) is 71.7 Å². The van der Waals surface area contributed by atoms with Gasteiger partial charge in [-0.05, 0) is 51.6 Å². The Balaban J connectivity index is 2.40. The topological polar surface area (TPSA) is 26.7 Å². The van der Waals surface area contributed by atoms with Crippen molar-refractivity contribution in [3.05, 3.63) is 28.2 Å². The van der Waals surface area contributed by atoms with Crippen LogP contribution in [0.4, 0.5) is 5.69 Å². The summed E-state index contributed by atoms with van der Waals surface area (Å²) in [7, 11) is 2.12. The molecule has 1 aliphatic rings. The SMILES string of the molecule is Cc1cc(N2C(CO)CN(C)CC2(C)C)ccc1Br. The zero-order chi connectivity index (χ0) is 14.2. The number of aryl methyl sites for hydroxylation is 1. The van der Waals surface area contributed by atoms with Gasteiger partial charge in [-0.1, -0.05) is 15.9 Å². The molecular formula is C15H23BrN2O. The van der Waals surface area contributed by atoms with E-state index in [1.165, 1.54) is 11.3 Å². The summed E-state index contributed by atoms with van der Waals surface area (Å²) in [6.45, 7) is 8.66. The Kier molecular flexibility index (Phi) is 4.23. The quantitative estimate of drug-likeness (QED) is 0.905. The molecule has 0 aromatic heterocycles. The Morgan fingerprint density at radius 2 is 2.11 bits per heavy atom. The van der Waals surface area contributed by atoms with Crippen molar-refractivity contribution < 1.29 is 5.11 Å². The molecule has 1 fully saturated rings. The van der Waals surface area contributed by atoms with Gasteiger partial charge in [-0.2, -0.15) is 0 Å². The Hall–Kier alpha value is -0.580. The zero-order valence-corrected chi connectivity index (χ0v) is 13.7. The summed E-state index contributed by atoms with van der Waals surface area (Å²) in [5, 5.41) is 9.72. The van der Waals surface area contributed by atoms with Crippen molar-refractivity contribution >= 4 is 21.6 Å². The number of piperazine rings is 1. The van der Waals surface area contributed by atoms with Crippen LogP contribution in [0.15, 0.2) is 22.7 Å². The molecule has 1 unspecified atom stereocenters. The Labute approximate surface area is 124 Å². The maximum atomic E-state index is 9.72. The molecule has 3 nitrogen and oxygen atoms in total. The van der Waals surface area contributed by atoms with Gasteiger partial charge in [-0.15, -0.1) is 0 Å². The molecule has 1 atom stereocenters. The van der Waals surface area contributed by atoms with E-state index in [1.807, 2.05) is 0 Å². The Bertz CT molecular complexity index is 461. The minimum absolute atomic E-state index is 0.0145. The number of anilines is 1. The smallest absolute Gasteiger partial charge is 0.0653 e. The van der Waals surface area contributed by atoms with Gasteiger partial charge in [0.2, 0.25) is 0 Å². The number of hydrogen-bond donors (Lipinski definition) is 1. The third kappa shape index (κ3) is 2.96. The predicted molar refractivity (Wildman–Crippen MR) is 83.8 cm³/mol. The van der Waals surface area contributed by atoms with Crippen molar-refractivity contribution in [1.82, 2.24) is 4.90 Å². The molecule has 0 amide bonds. The van der Waals surface area contributed by atoms with Crippen molar-refractivity contribution in [2.75, 3.05) is 31.6 Å². The zero-order valence-electron chi connectivity index (χ0n) is 12.2. The number of hydrogen-bond acceptors (Lipinski definition) is 3. The van der Waals surface area contributed by atoms with E-state index in [-0.39, 0.29) is 18.2 Å². The van der Waals surface area contributed by atoms with Crippen molar-refractivity contribution in [1.29, 1.82) is 0 Å². The molecule has 106 valence electrons. The summed E-state index contributed by atoms with van der Waals surface area (Å²) in [5.74, 6) is 0. The second-order valence-corrected chi connectivity index (χ2v) is 7.00. The molecule has 1 aromatic carbocycles. The summed E-state index contributed by atoms with van der Waals surface area (Å²) < 4.78 is 1.13. The number of nitrogens with zero attached hydrogens (tertiary/aromatic N) is 2. The van der Waals surface area contributed by atoms with Gasteiger partial charge in [0, 0.05) is 28.8 Å². The van der Waals surface area contributed by atoms with Gasteiger partial charge < -0.3 is 14.9 Å². The monoisotopic (exact) mass is 326 g/mol. The number of rotatable bonds is 2. The predicted octanol–water partition coefficient (Wildman–Crippen LogP) is 2.65. The highest BCUT2D eigenvalue weighted by molar-refractivity contribution is 9.10. The molecule has 1 aliphatic heterocycles. The fourth-order valence-corrected chi connectivity index (χ4v) is 3.46. The van der Waals surface area contributed by atoms with Crippen LogP contribution in [0.3, 0.4) is 0 Å². The van der Waals surface area contributed by atoms with Crippen LogP contribution in [0.2, 0.25) is 0 Å². The van der Waals surface area contributed by atoms with Crippen LogP contribution in [0.1, 0.15) is 19.4 Å². The van der Waals surface area contributed by atoms with Crippen LogP contribution in [0.25, 0.3) is 0 Å². The highest BCUT2D eigenvalue weighted by Crippen LogP contribution is 2.33. The van der Waals surface area contributed by atoms with Crippen molar-refractivity contribution in [2.24, 2.45) is 0 Å². The second-order valence-electron chi connectivity index (χ2n) is 6.15. The van der Waals surface area contributed by atoms with E-state index in [1.54, 1.807) is 0 Å². The largest absolute Gasteiger partial charge is 0.394 e. The third-order valence-electron chi connectivity index (χ3n) is 3.83. The number of aliphatic hydroxyl groups excluding tert-OH is 1. The lowest BCUT2D eigenvalue weighted by atomic mass is 9.94.